The molecule has 21 heavy (non-hydrogen) atoms. The average Bonchev–Trinajstić information content (AvgIpc) is 2.66. The van der Waals surface area contributed by atoms with Crippen molar-refractivity contribution in [3.8, 4) is 0 Å². The van der Waals surface area contributed by atoms with Gasteiger partial charge < -0.3 is 15.7 Å². The minimum Gasteiger partial charge on any atom is -0.481 e. The summed E-state index contributed by atoms with van der Waals surface area (Å²) in [7, 11) is 0. The number of hydrogen-bond donors (Lipinski definition) is 3. The zero-order chi connectivity index (χ0) is 16.2. The third kappa shape index (κ3) is 5.34. The Balaban J connectivity index is 2.63. The normalized spacial score (nSPS) is 13.8. The van der Waals surface area contributed by atoms with Crippen molar-refractivity contribution >= 4 is 23.3 Å². The van der Waals surface area contributed by atoms with Gasteiger partial charge in [-0.25, -0.2) is 9.78 Å². The Morgan fingerprint density at radius 1 is 1.24 bits per heavy atom. The van der Waals surface area contributed by atoms with Crippen LogP contribution in [0.15, 0.2) is 0 Å². The summed E-state index contributed by atoms with van der Waals surface area (Å²) in [5.41, 5.74) is 0.913. The van der Waals surface area contributed by atoms with Gasteiger partial charge in [0, 0.05) is 10.9 Å². The van der Waals surface area contributed by atoms with Crippen LogP contribution in [0.4, 0.5) is 4.79 Å². The van der Waals surface area contributed by atoms with E-state index in [1.165, 1.54) is 0 Å². The van der Waals surface area contributed by atoms with Crippen LogP contribution in [0.5, 0.6) is 0 Å². The van der Waals surface area contributed by atoms with Gasteiger partial charge in [-0.1, -0.05) is 13.8 Å². The van der Waals surface area contributed by atoms with E-state index in [0.717, 1.165) is 15.6 Å². The summed E-state index contributed by atoms with van der Waals surface area (Å²) in [6.07, 6.45) is -0.0852. The SMILES string of the molecule is Cc1nc(C)c(C(C)NC(=O)NC(CC(=O)O)C(C)C)s1. The molecule has 6 nitrogen and oxygen atoms in total. The van der Waals surface area contributed by atoms with Crippen molar-refractivity contribution in [1.29, 1.82) is 0 Å². The van der Waals surface area contributed by atoms with Crippen molar-refractivity contribution in [2.24, 2.45) is 5.92 Å². The first-order valence-corrected chi connectivity index (χ1v) is 7.75. The zero-order valence-electron chi connectivity index (χ0n) is 13.1. The predicted octanol–water partition coefficient (Wildman–Crippen LogP) is 2.62. The van der Waals surface area contributed by atoms with Gasteiger partial charge >= 0.3 is 12.0 Å². The molecule has 1 rings (SSSR count). The van der Waals surface area contributed by atoms with Gasteiger partial charge in [0.05, 0.1) is 23.2 Å². The molecule has 2 amide bonds. The fraction of sp³-hybridized carbons (Fsp3) is 0.643. The molecule has 0 saturated heterocycles. The largest absolute Gasteiger partial charge is 0.481 e. The third-order valence-electron chi connectivity index (χ3n) is 3.20. The van der Waals surface area contributed by atoms with Crippen molar-refractivity contribution in [2.75, 3.05) is 0 Å². The second-order valence-corrected chi connectivity index (χ2v) is 6.71. The van der Waals surface area contributed by atoms with Gasteiger partial charge in [0.15, 0.2) is 0 Å². The summed E-state index contributed by atoms with van der Waals surface area (Å²) in [5, 5.41) is 15.4. The highest BCUT2D eigenvalue weighted by Gasteiger charge is 2.21. The highest BCUT2D eigenvalue weighted by molar-refractivity contribution is 7.11. The number of aromatic nitrogens is 1. The minimum absolute atomic E-state index is 0.0505. The minimum atomic E-state index is -0.920. The number of carboxylic acids is 1. The maximum atomic E-state index is 12.0. The lowest BCUT2D eigenvalue weighted by atomic mass is 10.0. The number of rotatable bonds is 6. The first-order valence-electron chi connectivity index (χ1n) is 6.93. The van der Waals surface area contributed by atoms with Gasteiger partial charge in [0.1, 0.15) is 0 Å². The smallest absolute Gasteiger partial charge is 0.315 e. The number of thiazole rings is 1. The molecule has 1 heterocycles. The molecule has 0 aliphatic heterocycles. The van der Waals surface area contributed by atoms with Gasteiger partial charge in [-0.05, 0) is 26.7 Å². The molecule has 0 spiro atoms. The molecule has 118 valence electrons. The van der Waals surface area contributed by atoms with E-state index in [9.17, 15) is 9.59 Å². The second-order valence-electron chi connectivity index (χ2n) is 5.47. The molecule has 1 aromatic heterocycles. The van der Waals surface area contributed by atoms with E-state index in [1.807, 2.05) is 34.6 Å². The quantitative estimate of drug-likeness (QED) is 0.753. The van der Waals surface area contributed by atoms with Gasteiger partial charge in [0.25, 0.3) is 0 Å². The summed E-state index contributed by atoms with van der Waals surface area (Å²) in [5.74, 6) is -0.870. The van der Waals surface area contributed by atoms with Gasteiger partial charge in [0.2, 0.25) is 0 Å². The number of nitrogens with zero attached hydrogens (tertiary/aromatic N) is 1. The van der Waals surface area contributed by atoms with Crippen LogP contribution in [0, 0.1) is 19.8 Å². The average molecular weight is 313 g/mol. The van der Waals surface area contributed by atoms with Gasteiger partial charge in [-0.3, -0.25) is 4.79 Å². The van der Waals surface area contributed by atoms with E-state index < -0.39 is 5.97 Å². The third-order valence-corrected chi connectivity index (χ3v) is 4.45. The van der Waals surface area contributed by atoms with Crippen molar-refractivity contribution in [3.63, 3.8) is 0 Å². The highest BCUT2D eigenvalue weighted by atomic mass is 32.1. The van der Waals surface area contributed by atoms with Crippen LogP contribution in [0.2, 0.25) is 0 Å². The number of aryl methyl sites for hydroxylation is 2. The Morgan fingerprint density at radius 3 is 2.29 bits per heavy atom. The summed E-state index contributed by atoms with van der Waals surface area (Å²) in [4.78, 5) is 28.2. The molecule has 7 heteroatoms. The summed E-state index contributed by atoms with van der Waals surface area (Å²) < 4.78 is 0. The Bertz CT molecular complexity index is 514. The number of amides is 2. The molecule has 0 bridgehead atoms. The molecule has 0 saturated carbocycles. The van der Waals surface area contributed by atoms with E-state index in [0.29, 0.717) is 0 Å². The molecule has 1 aromatic rings. The molecule has 2 unspecified atom stereocenters. The zero-order valence-corrected chi connectivity index (χ0v) is 13.9. The van der Waals surface area contributed by atoms with Gasteiger partial charge in [-0.15, -0.1) is 11.3 Å². The first kappa shape index (κ1) is 17.4. The predicted molar refractivity (Wildman–Crippen MR) is 82.5 cm³/mol. The van der Waals surface area contributed by atoms with Crippen LogP contribution < -0.4 is 10.6 Å². The van der Waals surface area contributed by atoms with Crippen LogP contribution in [0.3, 0.4) is 0 Å². The highest BCUT2D eigenvalue weighted by Crippen LogP contribution is 2.24. The lowest BCUT2D eigenvalue weighted by Crippen LogP contribution is -2.46. The Hall–Kier alpha value is -1.63. The molecule has 0 radical (unpaired) electrons. The number of urea groups is 1. The Labute approximate surface area is 129 Å². The van der Waals surface area contributed by atoms with Crippen molar-refractivity contribution in [1.82, 2.24) is 15.6 Å². The Kier molecular flexibility index (Phi) is 6.14. The number of aliphatic carboxylic acids is 1. The van der Waals surface area contributed by atoms with Crippen LogP contribution in [-0.4, -0.2) is 28.1 Å². The van der Waals surface area contributed by atoms with E-state index in [-0.39, 0.29) is 30.5 Å². The molecule has 0 aliphatic carbocycles. The van der Waals surface area contributed by atoms with E-state index >= 15 is 0 Å². The van der Waals surface area contributed by atoms with Crippen molar-refractivity contribution in [3.05, 3.63) is 15.6 Å². The number of nitrogens with one attached hydrogen (secondary N) is 2. The number of carbonyl (C=O) groups excluding carboxylic acids is 1. The lowest BCUT2D eigenvalue weighted by molar-refractivity contribution is -0.137. The summed E-state index contributed by atoms with van der Waals surface area (Å²) in [6.45, 7) is 9.50. The van der Waals surface area contributed by atoms with E-state index in [1.54, 1.807) is 11.3 Å². The van der Waals surface area contributed by atoms with Crippen molar-refractivity contribution < 1.29 is 14.7 Å². The van der Waals surface area contributed by atoms with Crippen LogP contribution in [0.1, 0.15) is 48.8 Å². The number of carbonyl (C=O) groups is 2. The summed E-state index contributed by atoms with van der Waals surface area (Å²) in [6, 6.07) is -0.902. The maximum Gasteiger partial charge on any atom is 0.315 e. The maximum absolute atomic E-state index is 12.0. The molecule has 0 fully saturated rings. The molecule has 2 atom stereocenters. The molecular weight excluding hydrogens is 290 g/mol. The fourth-order valence-electron chi connectivity index (χ4n) is 2.06. The topological polar surface area (TPSA) is 91.3 Å². The Morgan fingerprint density at radius 2 is 1.86 bits per heavy atom. The van der Waals surface area contributed by atoms with E-state index in [4.69, 9.17) is 5.11 Å². The van der Waals surface area contributed by atoms with Gasteiger partial charge in [-0.2, -0.15) is 0 Å². The van der Waals surface area contributed by atoms with Crippen LogP contribution in [0.25, 0.3) is 0 Å². The molecule has 0 aromatic carbocycles. The van der Waals surface area contributed by atoms with Crippen molar-refractivity contribution in [2.45, 2.75) is 53.1 Å². The fourth-order valence-corrected chi connectivity index (χ4v) is 2.99. The lowest BCUT2D eigenvalue weighted by Gasteiger charge is -2.22. The first-order chi connectivity index (χ1) is 9.70. The number of hydrogen-bond acceptors (Lipinski definition) is 4. The van der Waals surface area contributed by atoms with Crippen LogP contribution in [-0.2, 0) is 4.79 Å². The molecule has 3 N–H and O–H groups in total. The monoisotopic (exact) mass is 313 g/mol. The molecule has 0 aliphatic rings. The standard InChI is InChI=1S/C14H23N3O3S/c1-7(2)11(6-12(18)19)17-14(20)16-9(4)13-8(3)15-10(5)21-13/h7,9,11H,6H2,1-5H3,(H,18,19)(H2,16,17,20). The van der Waals surface area contributed by atoms with E-state index in [2.05, 4.69) is 15.6 Å². The number of carboxylic acid groups (broad SMARTS) is 1. The summed E-state index contributed by atoms with van der Waals surface area (Å²) >= 11 is 1.55. The molecular formula is C14H23N3O3S. The second kappa shape index (κ2) is 7.40. The van der Waals surface area contributed by atoms with Crippen LogP contribution >= 0.6 is 11.3 Å².